The lowest BCUT2D eigenvalue weighted by Gasteiger charge is -2.08. The van der Waals surface area contributed by atoms with E-state index in [9.17, 15) is 4.79 Å². The molecule has 0 aliphatic carbocycles. The number of rotatable bonds is 5. The average Bonchev–Trinajstić information content (AvgIpc) is 3.25. The van der Waals surface area contributed by atoms with Gasteiger partial charge in [0.05, 0.1) is 35.8 Å². The van der Waals surface area contributed by atoms with Gasteiger partial charge in [0.25, 0.3) is 0 Å². The van der Waals surface area contributed by atoms with Gasteiger partial charge in [-0.2, -0.15) is 10.1 Å². The molecule has 0 fully saturated rings. The molecule has 0 atom stereocenters. The minimum absolute atomic E-state index is 0.346. The Labute approximate surface area is 165 Å². The summed E-state index contributed by atoms with van der Waals surface area (Å²) in [5.74, 6) is 1.16. The van der Waals surface area contributed by atoms with Gasteiger partial charge < -0.3 is 19.9 Å². The zero-order valence-electron chi connectivity index (χ0n) is 16.3. The normalized spacial score (nSPS) is 10.9. The number of esters is 1. The van der Waals surface area contributed by atoms with Crippen LogP contribution in [0.5, 0.6) is 0 Å². The molecule has 0 aliphatic rings. The third-order valence-electron chi connectivity index (χ3n) is 4.29. The topological polar surface area (TPSA) is 125 Å². The fourth-order valence-electron chi connectivity index (χ4n) is 2.80. The largest absolute Gasteiger partial charge is 0.465 e. The number of aromatic nitrogens is 7. The number of hydrogen-bond acceptors (Lipinski definition) is 9. The third kappa shape index (κ3) is 3.57. The van der Waals surface area contributed by atoms with E-state index < -0.39 is 5.97 Å². The Morgan fingerprint density at radius 2 is 1.97 bits per heavy atom. The van der Waals surface area contributed by atoms with E-state index in [4.69, 9.17) is 4.74 Å². The van der Waals surface area contributed by atoms with E-state index in [0.717, 1.165) is 5.39 Å². The molecule has 0 aliphatic heterocycles. The quantitative estimate of drug-likeness (QED) is 0.490. The Morgan fingerprint density at radius 1 is 1.14 bits per heavy atom. The summed E-state index contributed by atoms with van der Waals surface area (Å²) in [5, 5.41) is 11.5. The molecule has 0 spiro atoms. The molecule has 0 unspecified atom stereocenters. The zero-order valence-corrected chi connectivity index (χ0v) is 16.3. The molecule has 4 aromatic rings. The summed E-state index contributed by atoms with van der Waals surface area (Å²) in [6.45, 7) is 1.83. The molecule has 29 heavy (non-hydrogen) atoms. The van der Waals surface area contributed by atoms with Crippen LogP contribution in [0.25, 0.3) is 11.0 Å². The minimum Gasteiger partial charge on any atom is -0.465 e. The van der Waals surface area contributed by atoms with Gasteiger partial charge in [0.1, 0.15) is 0 Å². The van der Waals surface area contributed by atoms with Gasteiger partial charge in [0.2, 0.25) is 5.95 Å². The molecule has 0 radical (unpaired) electrons. The van der Waals surface area contributed by atoms with Crippen molar-refractivity contribution in [2.75, 3.05) is 17.7 Å². The predicted molar refractivity (Wildman–Crippen MR) is 106 cm³/mol. The molecule has 4 heterocycles. The predicted octanol–water partition coefficient (Wildman–Crippen LogP) is 2.07. The van der Waals surface area contributed by atoms with Crippen LogP contribution in [0.15, 0.2) is 31.0 Å². The molecule has 11 nitrogen and oxygen atoms in total. The Balaban J connectivity index is 1.66. The lowest BCUT2D eigenvalue weighted by atomic mass is 10.2. The monoisotopic (exact) mass is 393 g/mol. The maximum absolute atomic E-state index is 11.8. The first kappa shape index (κ1) is 18.3. The fraction of sp³-hybridized carbons (Fsp3) is 0.222. The second-order valence-electron chi connectivity index (χ2n) is 6.43. The highest BCUT2D eigenvalue weighted by molar-refractivity contribution is 5.92. The summed E-state index contributed by atoms with van der Waals surface area (Å²) in [4.78, 5) is 29.1. The van der Waals surface area contributed by atoms with Crippen molar-refractivity contribution in [2.45, 2.75) is 6.92 Å². The van der Waals surface area contributed by atoms with E-state index >= 15 is 0 Å². The summed E-state index contributed by atoms with van der Waals surface area (Å²) in [6, 6.07) is 1.67. The maximum atomic E-state index is 11.8. The lowest BCUT2D eigenvalue weighted by molar-refractivity contribution is 0.0600. The van der Waals surface area contributed by atoms with Crippen molar-refractivity contribution >= 4 is 40.3 Å². The number of nitrogens with one attached hydrogen (secondary N) is 2. The number of carbonyl (C=O) groups excluding carboxylic acids is 1. The number of fused-ring (bicyclic) bond motifs is 1. The Bertz CT molecular complexity index is 1210. The van der Waals surface area contributed by atoms with Crippen LogP contribution < -0.4 is 10.6 Å². The number of anilines is 4. The first-order valence-corrected chi connectivity index (χ1v) is 8.71. The molecule has 148 valence electrons. The van der Waals surface area contributed by atoms with Gasteiger partial charge in [-0.15, -0.1) is 0 Å². The van der Waals surface area contributed by atoms with E-state index in [1.165, 1.54) is 13.3 Å². The van der Waals surface area contributed by atoms with E-state index in [-0.39, 0.29) is 0 Å². The van der Waals surface area contributed by atoms with E-state index in [2.05, 4.69) is 35.7 Å². The molecule has 4 aromatic heterocycles. The number of aryl methyl sites for hydroxylation is 3. The summed E-state index contributed by atoms with van der Waals surface area (Å²) in [7, 11) is 5.00. The first-order valence-electron chi connectivity index (χ1n) is 8.71. The first-order chi connectivity index (χ1) is 13.9. The van der Waals surface area contributed by atoms with Crippen molar-refractivity contribution in [1.82, 2.24) is 34.3 Å². The number of imidazole rings is 1. The molecular weight excluding hydrogens is 374 g/mol. The second-order valence-corrected chi connectivity index (χ2v) is 6.43. The van der Waals surface area contributed by atoms with Crippen molar-refractivity contribution in [3.05, 3.63) is 42.2 Å². The molecule has 0 saturated heterocycles. The van der Waals surface area contributed by atoms with Crippen molar-refractivity contribution in [3.63, 3.8) is 0 Å². The van der Waals surface area contributed by atoms with Crippen LogP contribution in [-0.2, 0) is 18.8 Å². The van der Waals surface area contributed by atoms with Crippen LogP contribution in [0.2, 0.25) is 0 Å². The van der Waals surface area contributed by atoms with E-state index in [0.29, 0.717) is 40.2 Å². The van der Waals surface area contributed by atoms with Gasteiger partial charge in [-0.1, -0.05) is 0 Å². The van der Waals surface area contributed by atoms with Crippen LogP contribution in [0, 0.1) is 6.92 Å². The van der Waals surface area contributed by atoms with Crippen molar-refractivity contribution < 1.29 is 9.53 Å². The average molecular weight is 393 g/mol. The van der Waals surface area contributed by atoms with Gasteiger partial charge in [-0.3, -0.25) is 4.98 Å². The second kappa shape index (κ2) is 7.19. The molecule has 4 rings (SSSR count). The van der Waals surface area contributed by atoms with Gasteiger partial charge in [-0.05, 0) is 13.0 Å². The van der Waals surface area contributed by atoms with Crippen molar-refractivity contribution in [2.24, 2.45) is 14.1 Å². The van der Waals surface area contributed by atoms with Gasteiger partial charge in [0.15, 0.2) is 17.3 Å². The summed E-state index contributed by atoms with van der Waals surface area (Å²) < 4.78 is 8.23. The molecule has 11 heteroatoms. The van der Waals surface area contributed by atoms with Crippen molar-refractivity contribution in [1.29, 1.82) is 0 Å². The SMILES string of the molecule is COC(=O)c1cnc(C)c(Nc2nn(C)c3nc(Nc4cn(C)cn4)ncc23)c1. The summed E-state index contributed by atoms with van der Waals surface area (Å²) >= 11 is 0. The highest BCUT2D eigenvalue weighted by atomic mass is 16.5. The van der Waals surface area contributed by atoms with Crippen LogP contribution >= 0.6 is 0 Å². The van der Waals surface area contributed by atoms with E-state index in [1.54, 1.807) is 30.3 Å². The van der Waals surface area contributed by atoms with Crippen LogP contribution in [0.4, 0.5) is 23.3 Å². The van der Waals surface area contributed by atoms with Gasteiger partial charge >= 0.3 is 5.97 Å². The Hall–Kier alpha value is -4.02. The number of ether oxygens (including phenoxy) is 1. The van der Waals surface area contributed by atoms with Crippen LogP contribution in [-0.4, -0.2) is 47.4 Å². The summed E-state index contributed by atoms with van der Waals surface area (Å²) in [5.41, 5.74) is 2.34. The molecule has 0 amide bonds. The number of nitrogens with zero attached hydrogens (tertiary/aromatic N) is 7. The smallest absolute Gasteiger partial charge is 0.339 e. The molecule has 0 saturated carbocycles. The van der Waals surface area contributed by atoms with E-state index in [1.807, 2.05) is 24.7 Å². The van der Waals surface area contributed by atoms with Crippen LogP contribution in [0.3, 0.4) is 0 Å². The van der Waals surface area contributed by atoms with Crippen LogP contribution in [0.1, 0.15) is 16.1 Å². The van der Waals surface area contributed by atoms with Gasteiger partial charge in [0, 0.05) is 32.7 Å². The zero-order chi connectivity index (χ0) is 20.5. The maximum Gasteiger partial charge on any atom is 0.339 e. The highest BCUT2D eigenvalue weighted by Crippen LogP contribution is 2.26. The van der Waals surface area contributed by atoms with Gasteiger partial charge in [-0.25, -0.2) is 19.4 Å². The minimum atomic E-state index is -0.458. The lowest BCUT2D eigenvalue weighted by Crippen LogP contribution is -2.05. The number of carbonyl (C=O) groups is 1. The number of hydrogen-bond donors (Lipinski definition) is 2. The summed E-state index contributed by atoms with van der Waals surface area (Å²) in [6.07, 6.45) is 6.66. The highest BCUT2D eigenvalue weighted by Gasteiger charge is 2.15. The van der Waals surface area contributed by atoms with Crippen molar-refractivity contribution in [3.8, 4) is 0 Å². The molecular formula is C18H19N9O2. The number of methoxy groups -OCH3 is 1. The number of pyridine rings is 1. The fourth-order valence-corrected chi connectivity index (χ4v) is 2.80. The third-order valence-corrected chi connectivity index (χ3v) is 4.29. The molecule has 0 aromatic carbocycles. The Morgan fingerprint density at radius 3 is 2.69 bits per heavy atom. The molecule has 2 N–H and O–H groups in total. The molecule has 0 bridgehead atoms. The Kier molecular flexibility index (Phi) is 4.55. The standard InChI is InChI=1S/C18H19N9O2/c1-10-13(5-11(6-19-10)17(28)29-4)22-15-12-7-20-18(24-16(12)27(3)25-15)23-14-8-26(2)9-21-14/h5-9H,1-4H3,(H,22,25)(H,20,23,24).